The summed E-state index contributed by atoms with van der Waals surface area (Å²) in [5.41, 5.74) is 0. The van der Waals surface area contributed by atoms with E-state index in [-0.39, 0.29) is 0 Å². The molecule has 0 aliphatic carbocycles. The van der Waals surface area contributed by atoms with Crippen LogP contribution in [-0.4, -0.2) is 43.4 Å². The summed E-state index contributed by atoms with van der Waals surface area (Å²) in [7, 11) is 4.47. The zero-order valence-electron chi connectivity index (χ0n) is 28.4. The average molecular weight is 565 g/mol. The Hall–Kier alpha value is -0.340. The van der Waals surface area contributed by atoms with Crippen LogP contribution in [0.15, 0.2) is 12.2 Å². The number of likely N-dealkylation sites (N-methyl/N-ethyl adjacent to an activating group) is 1. The molecule has 0 aromatic heterocycles. The van der Waals surface area contributed by atoms with Crippen LogP contribution in [0.1, 0.15) is 200 Å². The van der Waals surface area contributed by atoms with Crippen LogP contribution < -0.4 is 0 Å². The first-order valence-corrected chi connectivity index (χ1v) is 18.7. The van der Waals surface area contributed by atoms with Gasteiger partial charge in [-0.2, -0.15) is 0 Å². The highest BCUT2D eigenvalue weighted by Crippen LogP contribution is 2.16. The van der Waals surface area contributed by atoms with E-state index in [1.165, 1.54) is 199 Å². The number of quaternary nitrogens is 1. The van der Waals surface area contributed by atoms with Gasteiger partial charge in [-0.3, -0.25) is 0 Å². The second-order valence-corrected chi connectivity index (χ2v) is 13.7. The Morgan fingerprint density at radius 3 is 0.950 bits per heavy atom. The van der Waals surface area contributed by atoms with Crippen LogP contribution in [-0.2, 0) is 0 Å². The summed E-state index contributed by atoms with van der Waals surface area (Å²) in [6, 6.07) is 0. The molecule has 0 aliphatic heterocycles. The first kappa shape index (κ1) is 39.7. The molecule has 40 heavy (non-hydrogen) atoms. The maximum atomic E-state index is 9.10. The van der Waals surface area contributed by atoms with Crippen molar-refractivity contribution >= 4 is 0 Å². The summed E-state index contributed by atoms with van der Waals surface area (Å²) in [6.07, 6.45) is 47.8. The SMILES string of the molecule is CCCCCCCC/C=C\CCCCCCCCCCCCCCCCCCCCCCCC[N+](C)(C)CCO. The fourth-order valence-corrected chi connectivity index (χ4v) is 6.00. The Morgan fingerprint density at radius 1 is 0.375 bits per heavy atom. The van der Waals surface area contributed by atoms with Crippen LogP contribution in [0.3, 0.4) is 0 Å². The smallest absolute Gasteiger partial charge is 0.102 e. The molecule has 2 heteroatoms. The lowest BCUT2D eigenvalue weighted by Crippen LogP contribution is -2.42. The number of unbranched alkanes of at least 4 members (excludes halogenated alkanes) is 28. The van der Waals surface area contributed by atoms with Gasteiger partial charge in [-0.15, -0.1) is 0 Å². The second kappa shape index (κ2) is 33.2. The number of nitrogens with zero attached hydrogens (tertiary/aromatic N) is 1. The minimum absolute atomic E-state index is 0.311. The predicted octanol–water partition coefficient (Wildman–Crippen LogP) is 12.3. The van der Waals surface area contributed by atoms with Crippen LogP contribution in [0.25, 0.3) is 0 Å². The quantitative estimate of drug-likeness (QED) is 0.0468. The van der Waals surface area contributed by atoms with Crippen molar-refractivity contribution in [2.24, 2.45) is 0 Å². The topological polar surface area (TPSA) is 20.2 Å². The molecule has 240 valence electrons. The van der Waals surface area contributed by atoms with Gasteiger partial charge >= 0.3 is 0 Å². The first-order valence-electron chi connectivity index (χ1n) is 18.7. The Bertz CT molecular complexity index is 486. The van der Waals surface area contributed by atoms with Gasteiger partial charge in [0.2, 0.25) is 0 Å². The van der Waals surface area contributed by atoms with E-state index in [4.69, 9.17) is 5.11 Å². The van der Waals surface area contributed by atoms with Gasteiger partial charge in [-0.25, -0.2) is 0 Å². The number of aliphatic hydroxyl groups excluding tert-OH is 1. The van der Waals surface area contributed by atoms with Crippen LogP contribution in [0.2, 0.25) is 0 Å². The van der Waals surface area contributed by atoms with E-state index in [9.17, 15) is 0 Å². The number of aliphatic hydroxyl groups is 1. The van der Waals surface area contributed by atoms with Gasteiger partial charge in [0.15, 0.2) is 0 Å². The second-order valence-electron chi connectivity index (χ2n) is 13.7. The molecule has 1 N–H and O–H groups in total. The summed E-state index contributed by atoms with van der Waals surface area (Å²) in [4.78, 5) is 0. The lowest BCUT2D eigenvalue weighted by molar-refractivity contribution is -0.890. The van der Waals surface area contributed by atoms with Crippen molar-refractivity contribution in [3.05, 3.63) is 12.2 Å². The predicted molar refractivity (Wildman–Crippen MR) is 182 cm³/mol. The number of allylic oxidation sites excluding steroid dienone is 2. The largest absolute Gasteiger partial charge is 0.391 e. The molecule has 0 atom stereocenters. The molecule has 0 bridgehead atoms. The van der Waals surface area contributed by atoms with E-state index in [1.807, 2.05) is 0 Å². The molecule has 0 fully saturated rings. The minimum Gasteiger partial charge on any atom is -0.391 e. The molecule has 0 aromatic rings. The van der Waals surface area contributed by atoms with E-state index in [1.54, 1.807) is 0 Å². The molecular formula is C38H78NO+. The summed E-state index contributed by atoms with van der Waals surface area (Å²) in [6.45, 7) is 4.70. The van der Waals surface area contributed by atoms with Gasteiger partial charge in [0, 0.05) is 0 Å². The van der Waals surface area contributed by atoms with Gasteiger partial charge in [0.25, 0.3) is 0 Å². The monoisotopic (exact) mass is 565 g/mol. The zero-order chi connectivity index (χ0) is 29.2. The Kier molecular flexibility index (Phi) is 32.9. The standard InChI is InChI=1S/C38H78NO/c1-4-5-6-7-8-9-10-11-12-13-14-15-16-17-18-19-20-21-22-23-24-25-26-27-28-29-30-31-32-33-34-35-36-39(2,3)37-38-40/h11-12,40H,4-10,13-38H2,1-3H3/q+1/b12-11-. The average Bonchev–Trinajstić information content (AvgIpc) is 2.93. The molecule has 0 saturated carbocycles. The summed E-state index contributed by atoms with van der Waals surface area (Å²) in [5, 5.41) is 9.10. The van der Waals surface area contributed by atoms with Crippen molar-refractivity contribution < 1.29 is 9.59 Å². The fraction of sp³-hybridized carbons (Fsp3) is 0.947. The first-order chi connectivity index (χ1) is 19.6. The fourth-order valence-electron chi connectivity index (χ4n) is 6.00. The van der Waals surface area contributed by atoms with Crippen molar-refractivity contribution in [1.29, 1.82) is 0 Å². The van der Waals surface area contributed by atoms with Crippen molar-refractivity contribution in [3.63, 3.8) is 0 Å². The lowest BCUT2D eigenvalue weighted by Gasteiger charge is -2.28. The summed E-state index contributed by atoms with van der Waals surface area (Å²) < 4.78 is 0.967. The van der Waals surface area contributed by atoms with Crippen molar-refractivity contribution in [1.82, 2.24) is 0 Å². The highest BCUT2D eigenvalue weighted by Gasteiger charge is 2.12. The Balaban J connectivity index is 3.12. The van der Waals surface area contributed by atoms with Crippen LogP contribution >= 0.6 is 0 Å². The normalized spacial score (nSPS) is 12.2. The molecule has 0 amide bonds. The van der Waals surface area contributed by atoms with E-state index in [0.29, 0.717) is 6.61 Å². The van der Waals surface area contributed by atoms with Gasteiger partial charge in [-0.05, 0) is 38.5 Å². The third-order valence-corrected chi connectivity index (χ3v) is 8.98. The minimum atomic E-state index is 0.311. The third kappa shape index (κ3) is 33.9. The zero-order valence-corrected chi connectivity index (χ0v) is 28.4. The molecular weight excluding hydrogens is 486 g/mol. The van der Waals surface area contributed by atoms with Crippen LogP contribution in [0, 0.1) is 0 Å². The summed E-state index contributed by atoms with van der Waals surface area (Å²) >= 11 is 0. The lowest BCUT2D eigenvalue weighted by atomic mass is 10.0. The Labute approximate surface area is 254 Å². The van der Waals surface area contributed by atoms with Crippen molar-refractivity contribution in [3.8, 4) is 0 Å². The van der Waals surface area contributed by atoms with E-state index >= 15 is 0 Å². The molecule has 0 spiro atoms. The van der Waals surface area contributed by atoms with Gasteiger partial charge in [0.05, 0.1) is 27.2 Å². The van der Waals surface area contributed by atoms with E-state index < -0.39 is 0 Å². The summed E-state index contributed by atoms with van der Waals surface area (Å²) in [5.74, 6) is 0. The van der Waals surface area contributed by atoms with Crippen molar-refractivity contribution in [2.75, 3.05) is 33.8 Å². The van der Waals surface area contributed by atoms with Gasteiger partial charge < -0.3 is 9.59 Å². The number of rotatable bonds is 34. The molecule has 0 unspecified atom stereocenters. The molecule has 0 saturated heterocycles. The van der Waals surface area contributed by atoms with Crippen molar-refractivity contribution in [2.45, 2.75) is 200 Å². The van der Waals surface area contributed by atoms with Crippen LogP contribution in [0.5, 0.6) is 0 Å². The maximum absolute atomic E-state index is 9.10. The van der Waals surface area contributed by atoms with Crippen LogP contribution in [0.4, 0.5) is 0 Å². The number of hydrogen-bond acceptors (Lipinski definition) is 1. The van der Waals surface area contributed by atoms with Gasteiger partial charge in [0.1, 0.15) is 6.54 Å². The maximum Gasteiger partial charge on any atom is 0.102 e. The molecule has 0 heterocycles. The molecule has 0 rings (SSSR count). The highest BCUT2D eigenvalue weighted by atomic mass is 16.3. The molecule has 0 aliphatic rings. The Morgan fingerprint density at radius 2 is 0.650 bits per heavy atom. The molecule has 2 nitrogen and oxygen atoms in total. The van der Waals surface area contributed by atoms with Gasteiger partial charge in [-0.1, -0.05) is 173 Å². The third-order valence-electron chi connectivity index (χ3n) is 8.98. The highest BCUT2D eigenvalue weighted by molar-refractivity contribution is 4.81. The van der Waals surface area contributed by atoms with E-state index in [0.717, 1.165) is 11.0 Å². The van der Waals surface area contributed by atoms with E-state index in [2.05, 4.69) is 33.2 Å². The molecule has 0 aromatic carbocycles. The number of hydrogen-bond donors (Lipinski definition) is 1. The molecule has 0 radical (unpaired) electrons.